The highest BCUT2D eigenvalue weighted by Gasteiger charge is 2.32. The van der Waals surface area contributed by atoms with Gasteiger partial charge in [0, 0.05) is 18.1 Å². The van der Waals surface area contributed by atoms with Gasteiger partial charge in [0.05, 0.1) is 10.5 Å². The van der Waals surface area contributed by atoms with E-state index >= 15 is 0 Å². The molecule has 0 unspecified atom stereocenters. The summed E-state index contributed by atoms with van der Waals surface area (Å²) < 4.78 is 32.6. The Balaban J connectivity index is 2.42. The van der Waals surface area contributed by atoms with E-state index in [0.29, 0.717) is 25.9 Å². The minimum atomic E-state index is -3.80. The third-order valence-corrected chi connectivity index (χ3v) is 5.80. The summed E-state index contributed by atoms with van der Waals surface area (Å²) in [6.07, 6.45) is 1.24. The quantitative estimate of drug-likeness (QED) is 0.601. The Morgan fingerprint density at radius 3 is 2.38 bits per heavy atom. The number of benzene rings is 1. The molecule has 0 aromatic heterocycles. The van der Waals surface area contributed by atoms with Gasteiger partial charge in [-0.3, -0.25) is 0 Å². The molecule has 1 fully saturated rings. The van der Waals surface area contributed by atoms with Crippen molar-refractivity contribution in [2.45, 2.75) is 44.1 Å². The van der Waals surface area contributed by atoms with E-state index in [1.54, 1.807) is 20.8 Å². The number of hydrogen-bond donors (Lipinski definition) is 0. The summed E-state index contributed by atoms with van der Waals surface area (Å²) in [5, 5.41) is 0.279. The lowest BCUT2D eigenvalue weighted by Crippen LogP contribution is -2.37. The molecule has 24 heavy (non-hydrogen) atoms. The minimum Gasteiger partial charge on any atom is -0.456 e. The summed E-state index contributed by atoms with van der Waals surface area (Å²) in [7, 11) is -3.80. The van der Waals surface area contributed by atoms with Crippen LogP contribution in [0.15, 0.2) is 35.2 Å². The van der Waals surface area contributed by atoms with E-state index in [-0.39, 0.29) is 15.5 Å². The van der Waals surface area contributed by atoms with E-state index in [2.05, 4.69) is 6.58 Å². The molecule has 7 heteroatoms. The molecule has 1 heterocycles. The number of carbonyl (C=O) groups excluding carboxylic acids is 1. The van der Waals surface area contributed by atoms with E-state index < -0.39 is 21.6 Å². The fraction of sp³-hybridized carbons (Fsp3) is 0.471. The maximum atomic E-state index is 12.9. The molecule has 0 radical (unpaired) electrons. The van der Waals surface area contributed by atoms with Crippen molar-refractivity contribution in [1.82, 2.24) is 4.31 Å². The van der Waals surface area contributed by atoms with Gasteiger partial charge in [-0.1, -0.05) is 23.8 Å². The first-order valence-corrected chi connectivity index (χ1v) is 9.52. The normalized spacial score (nSPS) is 16.9. The molecular formula is C17H22ClNO4S. The van der Waals surface area contributed by atoms with Crippen molar-refractivity contribution in [2.75, 3.05) is 13.1 Å². The predicted molar refractivity (Wildman–Crippen MR) is 93.8 cm³/mol. The highest BCUT2D eigenvalue weighted by molar-refractivity contribution is 7.89. The zero-order valence-electron chi connectivity index (χ0n) is 14.1. The van der Waals surface area contributed by atoms with Crippen LogP contribution in [0.2, 0.25) is 5.02 Å². The second kappa shape index (κ2) is 6.86. The van der Waals surface area contributed by atoms with Gasteiger partial charge in [0.25, 0.3) is 0 Å². The molecule has 1 aliphatic heterocycles. The van der Waals surface area contributed by atoms with Crippen LogP contribution in [-0.2, 0) is 14.8 Å². The summed E-state index contributed by atoms with van der Waals surface area (Å²) in [6, 6.07) is 4.16. The zero-order chi connectivity index (χ0) is 18.1. The fourth-order valence-corrected chi connectivity index (χ4v) is 4.18. The van der Waals surface area contributed by atoms with E-state index in [9.17, 15) is 13.2 Å². The first-order chi connectivity index (χ1) is 11.0. The number of halogens is 1. The molecule has 0 spiro atoms. The van der Waals surface area contributed by atoms with Gasteiger partial charge < -0.3 is 4.74 Å². The van der Waals surface area contributed by atoms with E-state index in [0.717, 1.165) is 5.57 Å². The van der Waals surface area contributed by atoms with E-state index in [4.69, 9.17) is 16.3 Å². The lowest BCUT2D eigenvalue weighted by molar-refractivity contribution is 0.00649. The second-order valence-corrected chi connectivity index (χ2v) is 9.14. The average Bonchev–Trinajstić information content (AvgIpc) is 2.45. The number of rotatable bonds is 3. The number of nitrogens with zero attached hydrogens (tertiary/aromatic N) is 1. The minimum absolute atomic E-state index is 0.0400. The molecule has 0 atom stereocenters. The monoisotopic (exact) mass is 371 g/mol. The highest BCUT2D eigenvalue weighted by atomic mass is 35.5. The summed E-state index contributed by atoms with van der Waals surface area (Å²) in [4.78, 5) is 12.4. The SMILES string of the molecule is C=C1CCN(S(=O)(=O)c2ccc(Cl)cc2C(=O)OC(C)(C)C)CC1. The highest BCUT2D eigenvalue weighted by Crippen LogP contribution is 2.28. The smallest absolute Gasteiger partial charge is 0.340 e. The van der Waals surface area contributed by atoms with Crippen molar-refractivity contribution < 1.29 is 17.9 Å². The Bertz CT molecular complexity index is 755. The van der Waals surface area contributed by atoms with Gasteiger partial charge >= 0.3 is 5.97 Å². The number of piperidine rings is 1. The number of ether oxygens (including phenoxy) is 1. The summed E-state index contributed by atoms with van der Waals surface area (Å²) in [5.74, 6) is -0.704. The molecule has 0 N–H and O–H groups in total. The van der Waals surface area contributed by atoms with Crippen molar-refractivity contribution in [3.8, 4) is 0 Å². The number of carbonyl (C=O) groups is 1. The van der Waals surface area contributed by atoms with Gasteiger partial charge in [-0.15, -0.1) is 0 Å². The van der Waals surface area contributed by atoms with Crippen molar-refractivity contribution in [3.05, 3.63) is 40.9 Å². The van der Waals surface area contributed by atoms with Crippen molar-refractivity contribution in [1.29, 1.82) is 0 Å². The number of sulfonamides is 1. The Kier molecular flexibility index (Phi) is 5.42. The summed E-state index contributed by atoms with van der Waals surface area (Å²) >= 11 is 5.96. The number of hydrogen-bond acceptors (Lipinski definition) is 4. The molecule has 0 amide bonds. The first kappa shape index (κ1) is 19.0. The molecule has 5 nitrogen and oxygen atoms in total. The Morgan fingerprint density at radius 1 is 1.25 bits per heavy atom. The maximum Gasteiger partial charge on any atom is 0.340 e. The lowest BCUT2D eigenvalue weighted by Gasteiger charge is -2.28. The standard InChI is InChI=1S/C17H22ClNO4S/c1-12-7-9-19(10-8-12)24(21,22)15-6-5-13(18)11-14(15)16(20)23-17(2,3)4/h5-6,11H,1,7-10H2,2-4H3. The van der Waals surface area contributed by atoms with Crippen LogP contribution in [0.25, 0.3) is 0 Å². The molecule has 0 saturated carbocycles. The molecule has 0 bridgehead atoms. The van der Waals surface area contributed by atoms with Crippen molar-refractivity contribution in [2.24, 2.45) is 0 Å². The first-order valence-electron chi connectivity index (χ1n) is 7.70. The van der Waals surface area contributed by atoms with Crippen LogP contribution >= 0.6 is 11.6 Å². The van der Waals surface area contributed by atoms with Crippen LogP contribution in [0, 0.1) is 0 Å². The lowest BCUT2D eigenvalue weighted by atomic mass is 10.1. The van der Waals surface area contributed by atoms with Crippen LogP contribution in [0.5, 0.6) is 0 Å². The number of esters is 1. The van der Waals surface area contributed by atoms with Gasteiger partial charge in [-0.05, 0) is 51.8 Å². The maximum absolute atomic E-state index is 12.9. The fourth-order valence-electron chi connectivity index (χ4n) is 2.40. The topological polar surface area (TPSA) is 63.7 Å². The molecule has 1 saturated heterocycles. The van der Waals surface area contributed by atoms with Crippen molar-refractivity contribution in [3.63, 3.8) is 0 Å². The van der Waals surface area contributed by atoms with Crippen LogP contribution < -0.4 is 0 Å². The third-order valence-electron chi connectivity index (χ3n) is 3.61. The summed E-state index contributed by atoms with van der Waals surface area (Å²) in [6.45, 7) is 9.77. The van der Waals surface area contributed by atoms with Gasteiger partial charge in [-0.25, -0.2) is 13.2 Å². The van der Waals surface area contributed by atoms with Gasteiger partial charge in [0.15, 0.2) is 0 Å². The summed E-state index contributed by atoms with van der Waals surface area (Å²) in [5.41, 5.74) is 0.260. The Labute approximate surface area is 148 Å². The molecule has 2 rings (SSSR count). The van der Waals surface area contributed by atoms with Crippen molar-refractivity contribution >= 4 is 27.6 Å². The van der Waals surface area contributed by atoms with E-state index in [1.807, 2.05) is 0 Å². The third kappa shape index (κ3) is 4.37. The van der Waals surface area contributed by atoms with Gasteiger partial charge in [0.2, 0.25) is 10.0 Å². The van der Waals surface area contributed by atoms with Crippen LogP contribution in [0.4, 0.5) is 0 Å². The zero-order valence-corrected chi connectivity index (χ0v) is 15.7. The van der Waals surface area contributed by atoms with E-state index in [1.165, 1.54) is 22.5 Å². The second-order valence-electron chi connectivity index (χ2n) is 6.80. The average molecular weight is 372 g/mol. The van der Waals surface area contributed by atoms with Crippen LogP contribution in [-0.4, -0.2) is 37.4 Å². The molecule has 1 aromatic carbocycles. The van der Waals surface area contributed by atoms with Crippen LogP contribution in [0.3, 0.4) is 0 Å². The largest absolute Gasteiger partial charge is 0.456 e. The van der Waals surface area contributed by atoms with Gasteiger partial charge in [0.1, 0.15) is 5.60 Å². The van der Waals surface area contributed by atoms with Crippen LogP contribution in [0.1, 0.15) is 44.0 Å². The predicted octanol–water partition coefficient (Wildman–Crippen LogP) is 3.64. The Hall–Kier alpha value is -1.37. The molecule has 0 aliphatic carbocycles. The molecule has 1 aliphatic rings. The molecule has 1 aromatic rings. The van der Waals surface area contributed by atoms with Gasteiger partial charge in [-0.2, -0.15) is 4.31 Å². The molecule has 132 valence electrons. The Morgan fingerprint density at radius 2 is 1.83 bits per heavy atom. The molecular weight excluding hydrogens is 350 g/mol.